The SMILES string of the molecule is COc1ccc(O)c(NC(=O)C2CC(O)CN2)c1. The van der Waals surface area contributed by atoms with Gasteiger partial charge in [0.2, 0.25) is 5.91 Å². The van der Waals surface area contributed by atoms with Crippen LogP contribution in [0, 0.1) is 0 Å². The first kappa shape index (κ1) is 12.7. The van der Waals surface area contributed by atoms with Gasteiger partial charge in [-0.15, -0.1) is 0 Å². The summed E-state index contributed by atoms with van der Waals surface area (Å²) in [6, 6.07) is 4.15. The van der Waals surface area contributed by atoms with E-state index in [0.29, 0.717) is 24.4 Å². The molecule has 18 heavy (non-hydrogen) atoms. The highest BCUT2D eigenvalue weighted by molar-refractivity contribution is 5.96. The lowest BCUT2D eigenvalue weighted by molar-refractivity contribution is -0.117. The van der Waals surface area contributed by atoms with E-state index in [4.69, 9.17) is 4.74 Å². The van der Waals surface area contributed by atoms with E-state index in [1.54, 1.807) is 12.1 Å². The van der Waals surface area contributed by atoms with Gasteiger partial charge in [-0.2, -0.15) is 0 Å². The molecule has 0 aliphatic carbocycles. The lowest BCUT2D eigenvalue weighted by Gasteiger charge is -2.13. The van der Waals surface area contributed by atoms with Crippen molar-refractivity contribution in [2.75, 3.05) is 19.0 Å². The molecule has 2 rings (SSSR count). The molecule has 4 N–H and O–H groups in total. The first-order valence-electron chi connectivity index (χ1n) is 5.69. The van der Waals surface area contributed by atoms with Crippen LogP contribution in [-0.2, 0) is 4.79 Å². The fraction of sp³-hybridized carbons (Fsp3) is 0.417. The summed E-state index contributed by atoms with van der Waals surface area (Å²) in [5.74, 6) is 0.236. The Morgan fingerprint density at radius 2 is 2.33 bits per heavy atom. The van der Waals surface area contributed by atoms with Gasteiger partial charge < -0.3 is 25.6 Å². The van der Waals surface area contributed by atoms with Crippen molar-refractivity contribution in [1.29, 1.82) is 0 Å². The average Bonchev–Trinajstić information content (AvgIpc) is 2.79. The number of anilines is 1. The molecule has 1 fully saturated rings. The fourth-order valence-corrected chi connectivity index (χ4v) is 1.88. The van der Waals surface area contributed by atoms with Crippen LogP contribution in [0.3, 0.4) is 0 Å². The van der Waals surface area contributed by atoms with E-state index in [1.165, 1.54) is 13.2 Å². The summed E-state index contributed by atoms with van der Waals surface area (Å²) in [5.41, 5.74) is 0.294. The van der Waals surface area contributed by atoms with E-state index in [1.807, 2.05) is 0 Å². The molecule has 1 aromatic rings. The Hall–Kier alpha value is -1.79. The van der Waals surface area contributed by atoms with Gasteiger partial charge in [-0.1, -0.05) is 0 Å². The largest absolute Gasteiger partial charge is 0.506 e. The van der Waals surface area contributed by atoms with Gasteiger partial charge in [0, 0.05) is 12.6 Å². The molecule has 0 aromatic heterocycles. The van der Waals surface area contributed by atoms with E-state index in [2.05, 4.69) is 10.6 Å². The number of phenolic OH excluding ortho intramolecular Hbond substituents is 1. The predicted molar refractivity (Wildman–Crippen MR) is 65.7 cm³/mol. The van der Waals surface area contributed by atoms with Crippen LogP contribution in [-0.4, -0.2) is 41.9 Å². The highest BCUT2D eigenvalue weighted by Crippen LogP contribution is 2.28. The first-order valence-corrected chi connectivity index (χ1v) is 5.69. The minimum Gasteiger partial charge on any atom is -0.506 e. The van der Waals surface area contributed by atoms with Crippen molar-refractivity contribution < 1.29 is 19.7 Å². The number of ether oxygens (including phenoxy) is 1. The molecule has 2 unspecified atom stereocenters. The molecule has 0 spiro atoms. The molecule has 0 radical (unpaired) electrons. The minimum atomic E-state index is -0.500. The van der Waals surface area contributed by atoms with Gasteiger partial charge in [-0.25, -0.2) is 0 Å². The molecular formula is C12H16N2O4. The minimum absolute atomic E-state index is 0.0253. The van der Waals surface area contributed by atoms with Crippen LogP contribution >= 0.6 is 0 Å². The van der Waals surface area contributed by atoms with Gasteiger partial charge in [-0.3, -0.25) is 4.79 Å². The topological polar surface area (TPSA) is 90.8 Å². The van der Waals surface area contributed by atoms with Crippen LogP contribution in [0.2, 0.25) is 0 Å². The van der Waals surface area contributed by atoms with Crippen molar-refractivity contribution in [3.05, 3.63) is 18.2 Å². The summed E-state index contributed by atoms with van der Waals surface area (Å²) in [5, 5.41) is 24.5. The molecule has 1 aromatic carbocycles. The summed E-state index contributed by atoms with van der Waals surface area (Å²) in [6.07, 6.45) is -0.129. The predicted octanol–water partition coefficient (Wildman–Crippen LogP) is 0.0621. The number of rotatable bonds is 3. The molecule has 1 amide bonds. The summed E-state index contributed by atoms with van der Waals surface area (Å²) in [4.78, 5) is 11.9. The molecule has 0 bridgehead atoms. The number of phenols is 1. The summed E-state index contributed by atoms with van der Waals surface area (Å²) < 4.78 is 5.02. The number of aromatic hydroxyl groups is 1. The van der Waals surface area contributed by atoms with Gasteiger partial charge in [0.05, 0.1) is 24.9 Å². The molecule has 98 valence electrons. The second kappa shape index (κ2) is 5.24. The number of aliphatic hydroxyl groups excluding tert-OH is 1. The molecule has 6 heteroatoms. The highest BCUT2D eigenvalue weighted by atomic mass is 16.5. The number of methoxy groups -OCH3 is 1. The normalized spacial score (nSPS) is 22.8. The van der Waals surface area contributed by atoms with E-state index >= 15 is 0 Å². The Labute approximate surface area is 105 Å². The van der Waals surface area contributed by atoms with Crippen LogP contribution in [0.4, 0.5) is 5.69 Å². The van der Waals surface area contributed by atoms with Gasteiger partial charge >= 0.3 is 0 Å². The molecule has 6 nitrogen and oxygen atoms in total. The zero-order valence-corrected chi connectivity index (χ0v) is 10.0. The van der Waals surface area contributed by atoms with E-state index in [-0.39, 0.29) is 11.7 Å². The maximum Gasteiger partial charge on any atom is 0.241 e. The number of benzene rings is 1. The second-order valence-corrected chi connectivity index (χ2v) is 4.22. The smallest absolute Gasteiger partial charge is 0.241 e. The molecule has 1 heterocycles. The van der Waals surface area contributed by atoms with Crippen LogP contribution in [0.1, 0.15) is 6.42 Å². The van der Waals surface area contributed by atoms with Crippen molar-refractivity contribution in [3.63, 3.8) is 0 Å². The maximum atomic E-state index is 11.9. The molecule has 1 saturated heterocycles. The van der Waals surface area contributed by atoms with E-state index < -0.39 is 12.1 Å². The Morgan fingerprint density at radius 1 is 1.56 bits per heavy atom. The standard InChI is InChI=1S/C12H16N2O4/c1-18-8-2-3-11(16)9(5-8)14-12(17)10-4-7(15)6-13-10/h2-3,5,7,10,13,15-16H,4,6H2,1H3,(H,14,17). The zero-order chi connectivity index (χ0) is 13.1. The zero-order valence-electron chi connectivity index (χ0n) is 10.0. The van der Waals surface area contributed by atoms with Gasteiger partial charge in [0.1, 0.15) is 11.5 Å². The lowest BCUT2D eigenvalue weighted by atomic mass is 10.2. The third-order valence-corrected chi connectivity index (χ3v) is 2.89. The van der Waals surface area contributed by atoms with E-state index in [0.717, 1.165) is 0 Å². The number of carbonyl (C=O) groups excluding carboxylic acids is 1. The fourth-order valence-electron chi connectivity index (χ4n) is 1.88. The van der Waals surface area contributed by atoms with Crippen LogP contribution in [0.25, 0.3) is 0 Å². The number of hydrogen-bond acceptors (Lipinski definition) is 5. The Morgan fingerprint density at radius 3 is 2.94 bits per heavy atom. The van der Waals surface area contributed by atoms with Gasteiger partial charge in [-0.05, 0) is 18.6 Å². The Kier molecular flexibility index (Phi) is 3.69. The molecule has 0 saturated carbocycles. The number of hydrogen-bond donors (Lipinski definition) is 4. The Bertz CT molecular complexity index is 450. The van der Waals surface area contributed by atoms with Gasteiger partial charge in [0.25, 0.3) is 0 Å². The number of nitrogens with one attached hydrogen (secondary N) is 2. The van der Waals surface area contributed by atoms with Crippen molar-refractivity contribution in [2.45, 2.75) is 18.6 Å². The number of β-amino-alcohol motifs (C(OH)–C–C–N with tert-alkyl or cyclic N) is 1. The maximum absolute atomic E-state index is 11.9. The van der Waals surface area contributed by atoms with Crippen molar-refractivity contribution in [1.82, 2.24) is 5.32 Å². The molecule has 1 aliphatic heterocycles. The van der Waals surface area contributed by atoms with Crippen LogP contribution < -0.4 is 15.4 Å². The summed E-state index contributed by atoms with van der Waals surface area (Å²) in [6.45, 7) is 0.405. The van der Waals surface area contributed by atoms with Crippen molar-refractivity contribution in [3.8, 4) is 11.5 Å². The van der Waals surface area contributed by atoms with Crippen molar-refractivity contribution >= 4 is 11.6 Å². The third-order valence-electron chi connectivity index (χ3n) is 2.89. The van der Waals surface area contributed by atoms with E-state index in [9.17, 15) is 15.0 Å². The monoisotopic (exact) mass is 252 g/mol. The molecule has 2 atom stereocenters. The third kappa shape index (κ3) is 2.72. The Balaban J connectivity index is 2.06. The molecular weight excluding hydrogens is 236 g/mol. The van der Waals surface area contributed by atoms with Gasteiger partial charge in [0.15, 0.2) is 0 Å². The lowest BCUT2D eigenvalue weighted by Crippen LogP contribution is -2.35. The van der Waals surface area contributed by atoms with Crippen LogP contribution in [0.5, 0.6) is 11.5 Å². The number of aliphatic hydroxyl groups is 1. The van der Waals surface area contributed by atoms with Crippen LogP contribution in [0.15, 0.2) is 18.2 Å². The average molecular weight is 252 g/mol. The quantitative estimate of drug-likeness (QED) is 0.571. The number of amides is 1. The number of carbonyl (C=O) groups is 1. The first-order chi connectivity index (χ1) is 8.60. The summed E-state index contributed by atoms with van der Waals surface area (Å²) in [7, 11) is 1.51. The van der Waals surface area contributed by atoms with Crippen molar-refractivity contribution in [2.24, 2.45) is 0 Å². The second-order valence-electron chi connectivity index (χ2n) is 4.22. The highest BCUT2D eigenvalue weighted by Gasteiger charge is 2.28. The molecule has 1 aliphatic rings. The summed E-state index contributed by atoms with van der Waals surface area (Å²) >= 11 is 0.